The molecule has 0 aromatic heterocycles. The summed E-state index contributed by atoms with van der Waals surface area (Å²) in [6.45, 7) is 11.7. The van der Waals surface area contributed by atoms with Gasteiger partial charge in [-0.15, -0.1) is 0 Å². The van der Waals surface area contributed by atoms with Crippen LogP contribution in [0.25, 0.3) is 0 Å². The maximum absolute atomic E-state index is 11.3. The van der Waals surface area contributed by atoms with Gasteiger partial charge in [0, 0.05) is 17.8 Å². The van der Waals surface area contributed by atoms with Crippen LogP contribution in [-0.4, -0.2) is 23.2 Å². The summed E-state index contributed by atoms with van der Waals surface area (Å²) in [5, 5.41) is 9.27. The van der Waals surface area contributed by atoms with E-state index < -0.39 is 5.97 Å². The van der Waals surface area contributed by atoms with Crippen molar-refractivity contribution in [2.45, 2.75) is 52.5 Å². The third kappa shape index (κ3) is 2.22. The molecule has 3 heteroatoms. The first-order valence-electron chi connectivity index (χ1n) is 6.93. The van der Waals surface area contributed by atoms with Gasteiger partial charge in [-0.25, -0.2) is 4.79 Å². The van der Waals surface area contributed by atoms with Crippen LogP contribution in [0.2, 0.25) is 0 Å². The molecule has 1 aromatic carbocycles. The fourth-order valence-electron chi connectivity index (χ4n) is 3.46. The lowest BCUT2D eigenvalue weighted by atomic mass is 9.79. The minimum atomic E-state index is -0.833. The van der Waals surface area contributed by atoms with Gasteiger partial charge in [0.2, 0.25) is 0 Å². The monoisotopic (exact) mass is 261 g/mol. The van der Waals surface area contributed by atoms with Crippen LogP contribution in [0.4, 0.5) is 5.69 Å². The summed E-state index contributed by atoms with van der Waals surface area (Å²) in [7, 11) is 0. The van der Waals surface area contributed by atoms with Crippen molar-refractivity contribution in [3.8, 4) is 0 Å². The summed E-state index contributed by atoms with van der Waals surface area (Å²) >= 11 is 0. The molecule has 0 amide bonds. The predicted molar refractivity (Wildman–Crippen MR) is 78.3 cm³/mol. The second-order valence-electron chi connectivity index (χ2n) is 6.19. The normalized spacial score (nSPS) is 21.1. The van der Waals surface area contributed by atoms with Crippen LogP contribution < -0.4 is 4.90 Å². The minimum Gasteiger partial charge on any atom is -0.478 e. The molecule has 2 rings (SSSR count). The van der Waals surface area contributed by atoms with Crippen molar-refractivity contribution >= 4 is 11.7 Å². The highest BCUT2D eigenvalue weighted by atomic mass is 16.4. The molecule has 0 aliphatic carbocycles. The fourth-order valence-corrected chi connectivity index (χ4v) is 3.46. The number of anilines is 1. The Hall–Kier alpha value is -1.51. The SMILES string of the molecule is CCN1c2cc(C)c(C(=O)O)cc2[C@@H](C)CC1(C)C. The van der Waals surface area contributed by atoms with Crippen LogP contribution in [0, 0.1) is 6.92 Å². The first-order valence-corrected chi connectivity index (χ1v) is 6.93. The van der Waals surface area contributed by atoms with Crippen LogP contribution in [0.3, 0.4) is 0 Å². The number of aryl methyl sites for hydroxylation is 1. The summed E-state index contributed by atoms with van der Waals surface area (Å²) < 4.78 is 0. The highest BCUT2D eigenvalue weighted by molar-refractivity contribution is 5.90. The van der Waals surface area contributed by atoms with Gasteiger partial charge >= 0.3 is 5.97 Å². The maximum atomic E-state index is 11.3. The number of carbonyl (C=O) groups is 1. The number of aromatic carboxylic acids is 1. The van der Waals surface area contributed by atoms with Crippen molar-refractivity contribution in [3.63, 3.8) is 0 Å². The summed E-state index contributed by atoms with van der Waals surface area (Å²) in [5.74, 6) is -0.438. The van der Waals surface area contributed by atoms with E-state index in [0.717, 1.165) is 18.5 Å². The molecule has 1 aliphatic heterocycles. The topological polar surface area (TPSA) is 40.5 Å². The van der Waals surface area contributed by atoms with Gasteiger partial charge in [-0.2, -0.15) is 0 Å². The summed E-state index contributed by atoms with van der Waals surface area (Å²) in [6.07, 6.45) is 1.05. The summed E-state index contributed by atoms with van der Waals surface area (Å²) in [4.78, 5) is 13.7. The number of carboxylic acid groups (broad SMARTS) is 1. The molecule has 1 aromatic rings. The van der Waals surface area contributed by atoms with Crippen molar-refractivity contribution in [2.75, 3.05) is 11.4 Å². The van der Waals surface area contributed by atoms with Gasteiger partial charge in [0.25, 0.3) is 0 Å². The molecule has 0 unspecified atom stereocenters. The maximum Gasteiger partial charge on any atom is 0.335 e. The number of benzene rings is 1. The standard InChI is InChI=1S/C16H23NO2/c1-6-17-14-7-10(2)13(15(18)19)8-12(14)11(3)9-16(17,4)5/h7-8,11H,6,9H2,1-5H3,(H,18,19)/t11-/m0/s1. The van der Waals surface area contributed by atoms with Crippen molar-refractivity contribution in [1.82, 2.24) is 0 Å². The van der Waals surface area contributed by atoms with Crippen LogP contribution in [0.1, 0.15) is 61.5 Å². The zero-order valence-electron chi connectivity index (χ0n) is 12.4. The molecular weight excluding hydrogens is 238 g/mol. The summed E-state index contributed by atoms with van der Waals surface area (Å²) in [5.41, 5.74) is 3.77. The van der Waals surface area contributed by atoms with E-state index in [9.17, 15) is 9.90 Å². The molecule has 1 atom stereocenters. The van der Waals surface area contributed by atoms with Crippen molar-refractivity contribution in [2.24, 2.45) is 0 Å². The molecule has 1 N–H and O–H groups in total. The number of carboxylic acids is 1. The van der Waals surface area contributed by atoms with E-state index in [1.54, 1.807) is 0 Å². The Bertz CT molecular complexity index is 520. The molecule has 0 saturated heterocycles. The first kappa shape index (κ1) is 13.9. The Balaban J connectivity index is 2.63. The second kappa shape index (κ2) is 4.55. The van der Waals surface area contributed by atoms with Crippen LogP contribution >= 0.6 is 0 Å². The Morgan fingerprint density at radius 2 is 2.11 bits per heavy atom. The number of nitrogens with zero attached hydrogens (tertiary/aromatic N) is 1. The number of fused-ring (bicyclic) bond motifs is 1. The average Bonchev–Trinajstić information content (AvgIpc) is 2.26. The molecule has 0 bridgehead atoms. The lowest BCUT2D eigenvalue weighted by molar-refractivity contribution is 0.0696. The van der Waals surface area contributed by atoms with Gasteiger partial charge in [0.1, 0.15) is 0 Å². The second-order valence-corrected chi connectivity index (χ2v) is 6.19. The van der Waals surface area contributed by atoms with Gasteiger partial charge in [0.05, 0.1) is 5.56 Å². The van der Waals surface area contributed by atoms with E-state index in [1.807, 2.05) is 19.1 Å². The molecule has 1 aliphatic rings. The molecule has 0 spiro atoms. The number of rotatable bonds is 2. The Labute approximate surface area is 115 Å². The number of hydrogen-bond donors (Lipinski definition) is 1. The third-order valence-corrected chi connectivity index (χ3v) is 4.28. The molecular formula is C16H23NO2. The molecule has 1 heterocycles. The minimum absolute atomic E-state index is 0.123. The predicted octanol–water partition coefficient (Wildman–Crippen LogP) is 3.81. The Kier molecular flexibility index (Phi) is 3.33. The van der Waals surface area contributed by atoms with Gasteiger partial charge in [-0.05, 0) is 63.3 Å². The highest BCUT2D eigenvalue weighted by Crippen LogP contribution is 2.44. The van der Waals surface area contributed by atoms with Gasteiger partial charge in [-0.3, -0.25) is 0 Å². The van der Waals surface area contributed by atoms with Crippen LogP contribution in [0.15, 0.2) is 12.1 Å². The van der Waals surface area contributed by atoms with E-state index in [4.69, 9.17) is 0 Å². The van der Waals surface area contributed by atoms with Gasteiger partial charge in [0.15, 0.2) is 0 Å². The lowest BCUT2D eigenvalue weighted by Crippen LogP contribution is -2.48. The van der Waals surface area contributed by atoms with Crippen LogP contribution in [0.5, 0.6) is 0 Å². The molecule has 104 valence electrons. The number of hydrogen-bond acceptors (Lipinski definition) is 2. The Morgan fingerprint density at radius 3 is 2.63 bits per heavy atom. The zero-order chi connectivity index (χ0) is 14.4. The fraction of sp³-hybridized carbons (Fsp3) is 0.562. The van der Waals surface area contributed by atoms with Crippen molar-refractivity contribution in [1.29, 1.82) is 0 Å². The van der Waals surface area contributed by atoms with E-state index >= 15 is 0 Å². The smallest absolute Gasteiger partial charge is 0.335 e. The van der Waals surface area contributed by atoms with E-state index in [-0.39, 0.29) is 5.54 Å². The zero-order valence-corrected chi connectivity index (χ0v) is 12.4. The van der Waals surface area contributed by atoms with E-state index in [1.165, 1.54) is 11.3 Å². The highest BCUT2D eigenvalue weighted by Gasteiger charge is 2.36. The molecule has 0 radical (unpaired) electrons. The molecule has 3 nitrogen and oxygen atoms in total. The molecule has 19 heavy (non-hydrogen) atoms. The largest absolute Gasteiger partial charge is 0.478 e. The van der Waals surface area contributed by atoms with E-state index in [0.29, 0.717) is 11.5 Å². The first-order chi connectivity index (χ1) is 8.77. The molecule has 0 fully saturated rings. The lowest BCUT2D eigenvalue weighted by Gasteiger charge is -2.47. The van der Waals surface area contributed by atoms with Crippen LogP contribution in [-0.2, 0) is 0 Å². The van der Waals surface area contributed by atoms with E-state index in [2.05, 4.69) is 32.6 Å². The van der Waals surface area contributed by atoms with Gasteiger partial charge in [-0.1, -0.05) is 6.92 Å². The van der Waals surface area contributed by atoms with Gasteiger partial charge < -0.3 is 10.0 Å². The van der Waals surface area contributed by atoms with Crippen molar-refractivity contribution in [3.05, 3.63) is 28.8 Å². The third-order valence-electron chi connectivity index (χ3n) is 4.28. The molecule has 0 saturated carbocycles. The van der Waals surface area contributed by atoms with Crippen molar-refractivity contribution < 1.29 is 9.90 Å². The Morgan fingerprint density at radius 1 is 1.47 bits per heavy atom. The quantitative estimate of drug-likeness (QED) is 0.880. The summed E-state index contributed by atoms with van der Waals surface area (Å²) in [6, 6.07) is 3.91. The average molecular weight is 261 g/mol.